The van der Waals surface area contributed by atoms with E-state index < -0.39 is 10.6 Å². The summed E-state index contributed by atoms with van der Waals surface area (Å²) < 4.78 is 36.4. The molecule has 1 aliphatic heterocycles. The number of ether oxygens (including phenoxy) is 2. The molecule has 1 aromatic rings. The number of halogens is 5. The van der Waals surface area contributed by atoms with Crippen LogP contribution in [0.4, 0.5) is 8.78 Å². The van der Waals surface area contributed by atoms with Gasteiger partial charge < -0.3 is 9.47 Å². The first-order valence-corrected chi connectivity index (χ1v) is 5.30. The zero-order valence-electron chi connectivity index (χ0n) is 6.94. The van der Waals surface area contributed by atoms with Crippen molar-refractivity contribution in [2.24, 2.45) is 0 Å². The Morgan fingerprint density at radius 1 is 1.07 bits per heavy atom. The lowest BCUT2D eigenvalue weighted by Crippen LogP contribution is -2.50. The van der Waals surface area contributed by atoms with Gasteiger partial charge in [0.05, 0.1) is 0 Å². The molecular formula is C8H3BrCl2F2O2. The van der Waals surface area contributed by atoms with Gasteiger partial charge >= 0.3 is 10.6 Å². The van der Waals surface area contributed by atoms with Crippen molar-refractivity contribution in [1.82, 2.24) is 0 Å². The van der Waals surface area contributed by atoms with E-state index >= 15 is 0 Å². The number of alkyl halides is 4. The van der Waals surface area contributed by atoms with Crippen LogP contribution >= 0.6 is 39.1 Å². The summed E-state index contributed by atoms with van der Waals surface area (Å²) in [6.45, 7) is 0. The van der Waals surface area contributed by atoms with Crippen LogP contribution in [0.1, 0.15) is 0 Å². The van der Waals surface area contributed by atoms with Crippen molar-refractivity contribution >= 4 is 39.1 Å². The molecule has 0 N–H and O–H groups in total. The Bertz CT molecular complexity index is 412. The van der Waals surface area contributed by atoms with Crippen LogP contribution in [0.2, 0.25) is 0 Å². The standard InChI is InChI=1S/C8H3BrCl2F2O2/c9-4-1-2-5-6(3-4)15-8(11,13)7(10,12)14-5/h1-3H/t7-,8-/m1/s1. The maximum Gasteiger partial charge on any atom is 0.414 e. The van der Waals surface area contributed by atoms with Crippen LogP contribution in [0, 0.1) is 0 Å². The first-order valence-electron chi connectivity index (χ1n) is 3.75. The van der Waals surface area contributed by atoms with Crippen LogP contribution in [0.25, 0.3) is 0 Å². The minimum absolute atomic E-state index is 0.0235. The molecule has 0 aliphatic carbocycles. The van der Waals surface area contributed by atoms with E-state index in [0.717, 1.165) is 0 Å². The van der Waals surface area contributed by atoms with Gasteiger partial charge in [-0.05, 0) is 41.4 Å². The Labute approximate surface area is 102 Å². The third-order valence-electron chi connectivity index (χ3n) is 1.72. The second-order valence-corrected chi connectivity index (χ2v) is 4.72. The van der Waals surface area contributed by atoms with Crippen LogP contribution in [0.3, 0.4) is 0 Å². The molecule has 0 amide bonds. The SMILES string of the molecule is F[C@@]1(Cl)Oc2ccc(Br)cc2O[C@@]1(F)Cl. The summed E-state index contributed by atoms with van der Waals surface area (Å²) in [5.74, 6) is -0.0552. The molecular weight excluding hydrogens is 317 g/mol. The third kappa shape index (κ3) is 1.88. The minimum atomic E-state index is -3.26. The molecule has 0 unspecified atom stereocenters. The van der Waals surface area contributed by atoms with Crippen LogP contribution in [-0.4, -0.2) is 10.6 Å². The molecule has 0 saturated carbocycles. The van der Waals surface area contributed by atoms with Crippen molar-refractivity contribution in [2.75, 3.05) is 0 Å². The van der Waals surface area contributed by atoms with E-state index in [1.807, 2.05) is 0 Å². The van der Waals surface area contributed by atoms with Crippen molar-refractivity contribution in [3.63, 3.8) is 0 Å². The van der Waals surface area contributed by atoms with Crippen LogP contribution in [0.5, 0.6) is 11.5 Å². The first-order chi connectivity index (χ1) is 6.82. The predicted octanol–water partition coefficient (Wildman–Crippen LogP) is 3.94. The first kappa shape index (κ1) is 11.2. The number of hydrogen-bond acceptors (Lipinski definition) is 2. The van der Waals surface area contributed by atoms with Gasteiger partial charge in [0, 0.05) is 4.47 Å². The summed E-state index contributed by atoms with van der Waals surface area (Å²) in [5, 5.41) is -6.52. The van der Waals surface area contributed by atoms with Crippen molar-refractivity contribution < 1.29 is 18.3 Å². The molecule has 2 nitrogen and oxygen atoms in total. The molecule has 82 valence electrons. The van der Waals surface area contributed by atoms with Gasteiger partial charge in [-0.2, -0.15) is 8.78 Å². The van der Waals surface area contributed by atoms with E-state index in [1.54, 1.807) is 6.07 Å². The molecule has 1 aromatic carbocycles. The quantitative estimate of drug-likeness (QED) is 0.674. The van der Waals surface area contributed by atoms with E-state index in [4.69, 9.17) is 23.2 Å². The van der Waals surface area contributed by atoms with Gasteiger partial charge in [-0.1, -0.05) is 15.9 Å². The second-order valence-electron chi connectivity index (χ2n) is 2.83. The van der Waals surface area contributed by atoms with Crippen LogP contribution < -0.4 is 9.47 Å². The Morgan fingerprint density at radius 3 is 2.20 bits per heavy atom. The minimum Gasteiger partial charge on any atom is -0.435 e. The topological polar surface area (TPSA) is 18.5 Å². The zero-order chi connectivity index (χ0) is 11.3. The summed E-state index contributed by atoms with van der Waals surface area (Å²) in [7, 11) is 0. The van der Waals surface area contributed by atoms with Crippen molar-refractivity contribution in [1.29, 1.82) is 0 Å². The van der Waals surface area contributed by atoms with Gasteiger partial charge in [0.2, 0.25) is 0 Å². The van der Waals surface area contributed by atoms with E-state index in [2.05, 4.69) is 25.4 Å². The lowest BCUT2D eigenvalue weighted by atomic mass is 10.3. The Hall–Kier alpha value is -0.260. The molecule has 2 rings (SSSR count). The number of benzene rings is 1. The molecule has 0 fully saturated rings. The lowest BCUT2D eigenvalue weighted by Gasteiger charge is -2.34. The molecule has 7 heteroatoms. The van der Waals surface area contributed by atoms with Crippen molar-refractivity contribution in [2.45, 2.75) is 10.6 Å². The highest BCUT2D eigenvalue weighted by Crippen LogP contribution is 2.49. The normalized spacial score (nSPS) is 33.9. The molecule has 15 heavy (non-hydrogen) atoms. The van der Waals surface area contributed by atoms with Crippen LogP contribution in [-0.2, 0) is 0 Å². The van der Waals surface area contributed by atoms with Crippen LogP contribution in [0.15, 0.2) is 22.7 Å². The highest BCUT2D eigenvalue weighted by Gasteiger charge is 2.60. The van der Waals surface area contributed by atoms with Gasteiger partial charge in [0.1, 0.15) is 0 Å². The molecule has 0 radical (unpaired) electrons. The fourth-order valence-corrected chi connectivity index (χ4v) is 1.62. The third-order valence-corrected chi connectivity index (χ3v) is 2.95. The lowest BCUT2D eigenvalue weighted by molar-refractivity contribution is -0.180. The van der Waals surface area contributed by atoms with Gasteiger partial charge in [-0.25, -0.2) is 0 Å². The monoisotopic (exact) mass is 318 g/mol. The summed E-state index contributed by atoms with van der Waals surface area (Å²) in [6, 6.07) is 4.33. The summed E-state index contributed by atoms with van der Waals surface area (Å²) in [5.41, 5.74) is 0. The van der Waals surface area contributed by atoms with E-state index in [1.165, 1.54) is 12.1 Å². The molecule has 2 atom stereocenters. The highest BCUT2D eigenvalue weighted by atomic mass is 79.9. The average Bonchev–Trinajstić information content (AvgIpc) is 2.07. The van der Waals surface area contributed by atoms with Gasteiger partial charge in [-0.3, -0.25) is 0 Å². The Morgan fingerprint density at radius 2 is 1.60 bits per heavy atom. The second kappa shape index (κ2) is 3.37. The average molecular weight is 320 g/mol. The van der Waals surface area contributed by atoms with Gasteiger partial charge in [-0.15, -0.1) is 0 Å². The fourth-order valence-electron chi connectivity index (χ4n) is 1.04. The molecule has 0 bridgehead atoms. The molecule has 1 heterocycles. The molecule has 0 spiro atoms. The van der Waals surface area contributed by atoms with E-state index in [9.17, 15) is 8.78 Å². The van der Waals surface area contributed by atoms with Crippen molar-refractivity contribution in [3.8, 4) is 11.5 Å². The van der Waals surface area contributed by atoms with Crippen molar-refractivity contribution in [3.05, 3.63) is 22.7 Å². The Kier molecular flexibility index (Phi) is 2.52. The smallest absolute Gasteiger partial charge is 0.414 e. The molecule has 0 saturated heterocycles. The Balaban J connectivity index is 2.47. The molecule has 0 aromatic heterocycles. The maximum atomic E-state index is 13.4. The van der Waals surface area contributed by atoms with Gasteiger partial charge in [0.15, 0.2) is 11.5 Å². The number of hydrogen-bond donors (Lipinski definition) is 0. The van der Waals surface area contributed by atoms with E-state index in [0.29, 0.717) is 4.47 Å². The molecule has 1 aliphatic rings. The summed E-state index contributed by atoms with van der Waals surface area (Å²) in [6.07, 6.45) is 0. The predicted molar refractivity (Wildman–Crippen MR) is 54.8 cm³/mol. The maximum absolute atomic E-state index is 13.4. The fraction of sp³-hybridized carbons (Fsp3) is 0.250. The number of rotatable bonds is 0. The van der Waals surface area contributed by atoms with E-state index in [-0.39, 0.29) is 11.5 Å². The van der Waals surface area contributed by atoms with Gasteiger partial charge in [0.25, 0.3) is 0 Å². The number of fused-ring (bicyclic) bond motifs is 1. The largest absolute Gasteiger partial charge is 0.435 e. The zero-order valence-corrected chi connectivity index (χ0v) is 10.0. The summed E-state index contributed by atoms with van der Waals surface area (Å²) >= 11 is 13.3. The summed E-state index contributed by atoms with van der Waals surface area (Å²) in [4.78, 5) is 0. The highest BCUT2D eigenvalue weighted by molar-refractivity contribution is 9.10.